The molecule has 7 nitrogen and oxygen atoms in total. The third kappa shape index (κ3) is 8.39. The van der Waals surface area contributed by atoms with Crippen molar-refractivity contribution in [2.45, 2.75) is 42.4 Å². The number of sulfone groups is 1. The van der Waals surface area contributed by atoms with Gasteiger partial charge in [-0.2, -0.15) is 10.2 Å². The molecule has 3 rings (SSSR count). The van der Waals surface area contributed by atoms with Crippen molar-refractivity contribution < 1.29 is 17.9 Å². The molecule has 0 aliphatic carbocycles. The van der Waals surface area contributed by atoms with Gasteiger partial charge in [-0.05, 0) is 86.8 Å². The Bertz CT molecular complexity index is 1300. The third-order valence-corrected chi connectivity index (χ3v) is 7.53. The summed E-state index contributed by atoms with van der Waals surface area (Å²) in [4.78, 5) is 14.0. The van der Waals surface area contributed by atoms with E-state index in [-0.39, 0.29) is 15.8 Å². The van der Waals surface area contributed by atoms with Crippen molar-refractivity contribution in [3.05, 3.63) is 91.0 Å². The molecule has 0 aliphatic heterocycles. The number of unbranched alkanes of at least 4 members (excludes halogenated alkanes) is 3. The first kappa shape index (κ1) is 27.8. The highest BCUT2D eigenvalue weighted by atomic mass is 32.2. The fraction of sp³-hybridized carbons (Fsp3) is 0.276. The zero-order valence-electron chi connectivity index (χ0n) is 21.3. The molecule has 0 saturated carbocycles. The van der Waals surface area contributed by atoms with Gasteiger partial charge in [0.2, 0.25) is 9.84 Å². The summed E-state index contributed by atoms with van der Waals surface area (Å²) in [7, 11) is -1.50. The molecule has 0 atom stereocenters. The molecule has 0 N–H and O–H groups in total. The number of benzene rings is 3. The van der Waals surface area contributed by atoms with Gasteiger partial charge in [0.1, 0.15) is 0 Å². The number of carbonyl (C=O) groups excluding carboxylic acids is 1. The Labute approximate surface area is 219 Å². The zero-order valence-corrected chi connectivity index (χ0v) is 22.2. The second-order valence-corrected chi connectivity index (χ2v) is 10.7. The van der Waals surface area contributed by atoms with Crippen LogP contribution in [0, 0.1) is 0 Å². The van der Waals surface area contributed by atoms with Crippen molar-refractivity contribution in [1.29, 1.82) is 0 Å². The average Bonchev–Trinajstić information content (AvgIpc) is 2.92. The van der Waals surface area contributed by atoms with E-state index in [0.717, 1.165) is 37.9 Å². The predicted molar refractivity (Wildman–Crippen MR) is 146 cm³/mol. The number of ether oxygens (including phenoxy) is 1. The molecule has 0 spiro atoms. The van der Waals surface area contributed by atoms with E-state index >= 15 is 0 Å². The number of anilines is 1. The van der Waals surface area contributed by atoms with Crippen molar-refractivity contribution in [1.82, 2.24) is 0 Å². The van der Waals surface area contributed by atoms with Crippen LogP contribution in [0.15, 0.2) is 111 Å². The van der Waals surface area contributed by atoms with E-state index in [0.29, 0.717) is 23.6 Å². The highest BCUT2D eigenvalue weighted by molar-refractivity contribution is 7.91. The van der Waals surface area contributed by atoms with Crippen LogP contribution < -0.4 is 4.90 Å². The molecule has 0 aromatic heterocycles. The largest absolute Gasteiger partial charge is 0.462 e. The van der Waals surface area contributed by atoms with Crippen molar-refractivity contribution in [2.75, 3.05) is 25.1 Å². The topological polar surface area (TPSA) is 88.4 Å². The van der Waals surface area contributed by atoms with Crippen LogP contribution in [-0.2, 0) is 19.4 Å². The van der Waals surface area contributed by atoms with Crippen LogP contribution in [0.3, 0.4) is 0 Å². The lowest BCUT2D eigenvalue weighted by Gasteiger charge is -2.19. The lowest BCUT2D eigenvalue weighted by molar-refractivity contribution is -0.139. The first-order chi connectivity index (χ1) is 17.8. The molecular formula is C29H33N3O4S. The molecule has 37 heavy (non-hydrogen) atoms. The van der Waals surface area contributed by atoms with Gasteiger partial charge in [-0.15, -0.1) is 0 Å². The monoisotopic (exact) mass is 519 g/mol. The molecule has 3 aromatic rings. The lowest BCUT2D eigenvalue weighted by atomic mass is 10.2. The first-order valence-corrected chi connectivity index (χ1v) is 13.7. The average molecular weight is 520 g/mol. The van der Waals surface area contributed by atoms with E-state index in [2.05, 4.69) is 28.8 Å². The second-order valence-electron chi connectivity index (χ2n) is 8.78. The minimum Gasteiger partial charge on any atom is -0.462 e. The fourth-order valence-corrected chi connectivity index (χ4v) is 4.82. The van der Waals surface area contributed by atoms with Gasteiger partial charge in [0.05, 0.1) is 27.8 Å². The van der Waals surface area contributed by atoms with E-state index in [4.69, 9.17) is 4.74 Å². The van der Waals surface area contributed by atoms with Crippen LogP contribution >= 0.6 is 0 Å². The summed E-state index contributed by atoms with van der Waals surface area (Å²) in [6, 6.07) is 22.5. The Kier molecular flexibility index (Phi) is 10.1. The summed E-state index contributed by atoms with van der Waals surface area (Å²) in [5.41, 5.74) is 2.80. The minimum absolute atomic E-state index is 0.219. The maximum Gasteiger partial charge on any atom is 0.333 e. The number of hydrogen-bond donors (Lipinski definition) is 0. The van der Waals surface area contributed by atoms with Crippen LogP contribution in [0.5, 0.6) is 0 Å². The molecule has 0 bridgehead atoms. The molecule has 0 radical (unpaired) electrons. The van der Waals surface area contributed by atoms with Crippen molar-refractivity contribution in [3.63, 3.8) is 0 Å². The second kappa shape index (κ2) is 13.5. The predicted octanol–water partition coefficient (Wildman–Crippen LogP) is 7.05. The van der Waals surface area contributed by atoms with Gasteiger partial charge in [0, 0.05) is 24.9 Å². The van der Waals surface area contributed by atoms with E-state index in [9.17, 15) is 13.2 Å². The lowest BCUT2D eigenvalue weighted by Crippen LogP contribution is -2.18. The van der Waals surface area contributed by atoms with Gasteiger partial charge in [0.15, 0.2) is 0 Å². The molecule has 0 fully saturated rings. The number of rotatable bonds is 13. The van der Waals surface area contributed by atoms with E-state index < -0.39 is 9.84 Å². The van der Waals surface area contributed by atoms with Gasteiger partial charge in [-0.1, -0.05) is 31.2 Å². The number of esters is 1. The number of carbonyl (C=O) groups is 1. The molecule has 194 valence electrons. The smallest absolute Gasteiger partial charge is 0.333 e. The zero-order chi connectivity index (χ0) is 26.7. The van der Waals surface area contributed by atoms with Crippen LogP contribution in [0.4, 0.5) is 17.1 Å². The molecule has 0 unspecified atom stereocenters. The minimum atomic E-state index is -3.55. The maximum absolute atomic E-state index is 12.7. The molecule has 0 saturated heterocycles. The fourth-order valence-electron chi connectivity index (χ4n) is 3.54. The van der Waals surface area contributed by atoms with Gasteiger partial charge in [-0.25, -0.2) is 13.2 Å². The summed E-state index contributed by atoms with van der Waals surface area (Å²) in [6.45, 7) is 6.58. The number of azo groups is 1. The number of hydrogen-bond acceptors (Lipinski definition) is 7. The Balaban J connectivity index is 1.45. The van der Waals surface area contributed by atoms with E-state index in [1.54, 1.807) is 61.5 Å². The number of nitrogens with zero attached hydrogens (tertiary/aromatic N) is 3. The third-order valence-electron chi connectivity index (χ3n) is 5.74. The molecular weight excluding hydrogens is 486 g/mol. The molecule has 0 heterocycles. The maximum atomic E-state index is 12.7. The van der Waals surface area contributed by atoms with Crippen LogP contribution in [-0.4, -0.2) is 34.6 Å². The van der Waals surface area contributed by atoms with Gasteiger partial charge in [0.25, 0.3) is 0 Å². The van der Waals surface area contributed by atoms with Crippen LogP contribution in [0.1, 0.15) is 32.6 Å². The van der Waals surface area contributed by atoms with E-state index in [1.165, 1.54) is 0 Å². The highest BCUT2D eigenvalue weighted by Gasteiger charge is 2.16. The van der Waals surface area contributed by atoms with Crippen molar-refractivity contribution in [2.24, 2.45) is 10.2 Å². The summed E-state index contributed by atoms with van der Waals surface area (Å²) >= 11 is 0. The SMILES string of the molecule is C=C(C)C(=O)OCCCCCCN(C)c1ccc(/N=N/c2ccc(S(=O)(=O)c3ccccc3)cc2)cc1. The first-order valence-electron chi connectivity index (χ1n) is 12.2. The molecule has 8 heteroatoms. The van der Waals surface area contributed by atoms with Gasteiger partial charge >= 0.3 is 5.97 Å². The summed E-state index contributed by atoms with van der Waals surface area (Å²) < 4.78 is 30.5. The van der Waals surface area contributed by atoms with Crippen LogP contribution in [0.2, 0.25) is 0 Å². The Morgan fingerprint density at radius 3 is 1.95 bits per heavy atom. The van der Waals surface area contributed by atoms with Crippen LogP contribution in [0.25, 0.3) is 0 Å². The summed E-state index contributed by atoms with van der Waals surface area (Å²) in [5, 5.41) is 8.50. The standard InChI is InChI=1S/C29H33N3O4S/c1-23(2)29(33)36-22-10-5-4-9-21-32(3)26-17-13-24(14-18-26)30-31-25-15-19-28(20-16-25)37(34,35)27-11-7-6-8-12-27/h6-8,11-20H,1,4-5,9-10,21-22H2,2-3H3/b31-30+. The quantitative estimate of drug-likeness (QED) is 0.104. The summed E-state index contributed by atoms with van der Waals surface area (Å²) in [6.07, 6.45) is 3.97. The summed E-state index contributed by atoms with van der Waals surface area (Å²) in [5.74, 6) is -0.324. The molecule has 0 aliphatic rings. The Morgan fingerprint density at radius 1 is 0.811 bits per heavy atom. The highest BCUT2D eigenvalue weighted by Crippen LogP contribution is 2.25. The normalized spacial score (nSPS) is 11.4. The molecule has 0 amide bonds. The molecule has 3 aromatic carbocycles. The van der Waals surface area contributed by atoms with Crippen molar-refractivity contribution in [3.8, 4) is 0 Å². The Hall–Kier alpha value is -3.78. The Morgan fingerprint density at radius 2 is 1.35 bits per heavy atom. The van der Waals surface area contributed by atoms with Crippen molar-refractivity contribution >= 4 is 32.9 Å². The van der Waals surface area contributed by atoms with Gasteiger partial charge < -0.3 is 9.64 Å². The van der Waals surface area contributed by atoms with E-state index in [1.807, 2.05) is 24.3 Å². The van der Waals surface area contributed by atoms with Gasteiger partial charge in [-0.3, -0.25) is 0 Å².